The minimum atomic E-state index is -0.288. The van der Waals surface area contributed by atoms with E-state index in [1.807, 2.05) is 30.3 Å². The van der Waals surface area contributed by atoms with E-state index in [-0.39, 0.29) is 18.2 Å². The number of rotatable bonds is 5. The van der Waals surface area contributed by atoms with Crippen molar-refractivity contribution < 1.29 is 14.3 Å². The third-order valence-corrected chi connectivity index (χ3v) is 3.89. The molecule has 0 radical (unpaired) electrons. The predicted octanol–water partition coefficient (Wildman–Crippen LogP) is 3.43. The number of anilines is 1. The Morgan fingerprint density at radius 3 is 2.21 bits per heavy atom. The van der Waals surface area contributed by atoms with Crippen molar-refractivity contribution in [2.75, 3.05) is 18.4 Å². The Morgan fingerprint density at radius 1 is 0.917 bits per heavy atom. The minimum Gasteiger partial charge on any atom is -0.457 e. The van der Waals surface area contributed by atoms with Crippen molar-refractivity contribution in [3.05, 3.63) is 54.6 Å². The lowest BCUT2D eigenvalue weighted by atomic mass is 10.2. The maximum absolute atomic E-state index is 12.0. The van der Waals surface area contributed by atoms with E-state index in [1.54, 1.807) is 29.2 Å². The molecule has 1 heterocycles. The number of ether oxygens (including phenoxy) is 1. The van der Waals surface area contributed by atoms with Crippen molar-refractivity contribution in [3.63, 3.8) is 0 Å². The van der Waals surface area contributed by atoms with Crippen molar-refractivity contribution >= 4 is 17.5 Å². The van der Waals surface area contributed by atoms with Crippen LogP contribution in [0.2, 0.25) is 0 Å². The Hall–Kier alpha value is -2.82. The average molecular weight is 324 g/mol. The van der Waals surface area contributed by atoms with Gasteiger partial charge in [0.15, 0.2) is 0 Å². The fraction of sp³-hybridized carbons (Fsp3) is 0.263. The first-order chi connectivity index (χ1) is 11.7. The normalized spacial score (nSPS) is 13.6. The van der Waals surface area contributed by atoms with Crippen molar-refractivity contribution in [2.24, 2.45) is 0 Å². The number of amides is 2. The molecule has 0 aromatic heterocycles. The fourth-order valence-electron chi connectivity index (χ4n) is 2.65. The van der Waals surface area contributed by atoms with E-state index in [9.17, 15) is 9.59 Å². The van der Waals surface area contributed by atoms with E-state index in [1.165, 1.54) is 0 Å². The molecule has 3 rings (SSSR count). The zero-order chi connectivity index (χ0) is 16.8. The molecule has 1 aliphatic rings. The van der Waals surface area contributed by atoms with Gasteiger partial charge in [-0.2, -0.15) is 0 Å². The molecule has 0 atom stereocenters. The second kappa shape index (κ2) is 7.64. The number of nitrogens with one attached hydrogen (secondary N) is 1. The van der Waals surface area contributed by atoms with Crippen LogP contribution in [0.3, 0.4) is 0 Å². The average Bonchev–Trinajstić information content (AvgIpc) is 3.12. The Morgan fingerprint density at radius 2 is 1.54 bits per heavy atom. The van der Waals surface area contributed by atoms with Crippen LogP contribution in [0.5, 0.6) is 11.5 Å². The highest BCUT2D eigenvalue weighted by molar-refractivity contribution is 6.03. The molecule has 1 saturated heterocycles. The lowest BCUT2D eigenvalue weighted by molar-refractivity contribution is -0.133. The first kappa shape index (κ1) is 16.1. The first-order valence-corrected chi connectivity index (χ1v) is 8.11. The summed E-state index contributed by atoms with van der Waals surface area (Å²) in [4.78, 5) is 25.7. The van der Waals surface area contributed by atoms with Crippen LogP contribution < -0.4 is 10.1 Å². The molecule has 1 N–H and O–H groups in total. The number of hydrogen-bond donors (Lipinski definition) is 1. The fourth-order valence-corrected chi connectivity index (χ4v) is 2.65. The molecule has 2 amide bonds. The molecule has 124 valence electrons. The maximum Gasteiger partial charge on any atom is 0.233 e. The highest BCUT2D eigenvalue weighted by atomic mass is 16.5. The molecule has 0 saturated carbocycles. The highest BCUT2D eigenvalue weighted by Crippen LogP contribution is 2.22. The summed E-state index contributed by atoms with van der Waals surface area (Å²) >= 11 is 0. The SMILES string of the molecule is O=C(CC(=O)N1CCCC1)Nc1ccc(Oc2ccccc2)cc1. The number of benzene rings is 2. The zero-order valence-electron chi connectivity index (χ0n) is 13.4. The van der Waals surface area contributed by atoms with Gasteiger partial charge >= 0.3 is 0 Å². The number of likely N-dealkylation sites (tertiary alicyclic amines) is 1. The molecule has 24 heavy (non-hydrogen) atoms. The standard InChI is InChI=1S/C19H20N2O3/c22-18(14-19(23)21-12-4-5-13-21)20-15-8-10-17(11-9-15)24-16-6-2-1-3-7-16/h1-3,6-11H,4-5,12-14H2,(H,20,22). The minimum absolute atomic E-state index is 0.103. The smallest absolute Gasteiger partial charge is 0.233 e. The Labute approximate surface area is 141 Å². The van der Waals surface area contributed by atoms with Gasteiger partial charge in [0.05, 0.1) is 0 Å². The van der Waals surface area contributed by atoms with Gasteiger partial charge in [0.1, 0.15) is 17.9 Å². The molecule has 5 nitrogen and oxygen atoms in total. The monoisotopic (exact) mass is 324 g/mol. The molecule has 0 unspecified atom stereocenters. The number of carbonyl (C=O) groups excluding carboxylic acids is 2. The summed E-state index contributed by atoms with van der Waals surface area (Å²) in [5.41, 5.74) is 0.648. The summed E-state index contributed by atoms with van der Waals surface area (Å²) in [7, 11) is 0. The molecule has 2 aromatic rings. The van der Waals surface area contributed by atoms with Gasteiger partial charge in [-0.05, 0) is 49.2 Å². The predicted molar refractivity (Wildman–Crippen MR) is 92.0 cm³/mol. The quantitative estimate of drug-likeness (QED) is 0.857. The second-order valence-electron chi connectivity index (χ2n) is 5.75. The summed E-state index contributed by atoms with van der Waals surface area (Å²) < 4.78 is 5.70. The second-order valence-corrected chi connectivity index (χ2v) is 5.75. The van der Waals surface area contributed by atoms with Gasteiger partial charge < -0.3 is 15.0 Å². The van der Waals surface area contributed by atoms with E-state index >= 15 is 0 Å². The van der Waals surface area contributed by atoms with Crippen molar-refractivity contribution in [1.82, 2.24) is 4.90 Å². The molecule has 0 aliphatic carbocycles. The molecule has 1 fully saturated rings. The van der Waals surface area contributed by atoms with Gasteiger partial charge in [-0.1, -0.05) is 18.2 Å². The van der Waals surface area contributed by atoms with E-state index in [0.29, 0.717) is 11.4 Å². The van der Waals surface area contributed by atoms with Gasteiger partial charge in [0.2, 0.25) is 11.8 Å². The van der Waals surface area contributed by atoms with E-state index < -0.39 is 0 Å². The Bertz CT molecular complexity index is 692. The van der Waals surface area contributed by atoms with Crippen LogP contribution in [0.15, 0.2) is 54.6 Å². The van der Waals surface area contributed by atoms with E-state index in [2.05, 4.69) is 5.32 Å². The van der Waals surface area contributed by atoms with Gasteiger partial charge in [-0.3, -0.25) is 9.59 Å². The van der Waals surface area contributed by atoms with Crippen molar-refractivity contribution in [1.29, 1.82) is 0 Å². The number of carbonyl (C=O) groups is 2. The molecule has 0 bridgehead atoms. The molecule has 1 aliphatic heterocycles. The van der Waals surface area contributed by atoms with Crippen LogP contribution in [0.4, 0.5) is 5.69 Å². The number of nitrogens with zero attached hydrogens (tertiary/aromatic N) is 1. The van der Waals surface area contributed by atoms with Crippen LogP contribution in [-0.2, 0) is 9.59 Å². The Kier molecular flexibility index (Phi) is 5.11. The van der Waals surface area contributed by atoms with Crippen LogP contribution in [0.1, 0.15) is 19.3 Å². The highest BCUT2D eigenvalue weighted by Gasteiger charge is 2.20. The Balaban J connectivity index is 1.52. The van der Waals surface area contributed by atoms with Crippen molar-refractivity contribution in [3.8, 4) is 11.5 Å². The number of para-hydroxylation sites is 1. The van der Waals surface area contributed by atoms with Crippen LogP contribution in [-0.4, -0.2) is 29.8 Å². The summed E-state index contributed by atoms with van der Waals surface area (Å²) in [5.74, 6) is 1.05. The zero-order valence-corrected chi connectivity index (χ0v) is 13.4. The van der Waals surface area contributed by atoms with E-state index in [4.69, 9.17) is 4.74 Å². The van der Waals surface area contributed by atoms with Gasteiger partial charge in [-0.15, -0.1) is 0 Å². The largest absolute Gasteiger partial charge is 0.457 e. The summed E-state index contributed by atoms with van der Waals surface area (Å²) in [6.07, 6.45) is 1.94. The summed E-state index contributed by atoms with van der Waals surface area (Å²) in [6, 6.07) is 16.6. The molecular formula is C19H20N2O3. The lowest BCUT2D eigenvalue weighted by Gasteiger charge is -2.14. The third-order valence-electron chi connectivity index (χ3n) is 3.89. The molecular weight excluding hydrogens is 304 g/mol. The first-order valence-electron chi connectivity index (χ1n) is 8.11. The van der Waals surface area contributed by atoms with Crippen LogP contribution in [0.25, 0.3) is 0 Å². The van der Waals surface area contributed by atoms with Gasteiger partial charge in [-0.25, -0.2) is 0 Å². The van der Waals surface area contributed by atoms with Gasteiger partial charge in [0.25, 0.3) is 0 Å². The maximum atomic E-state index is 12.0. The van der Waals surface area contributed by atoms with Crippen LogP contribution >= 0.6 is 0 Å². The summed E-state index contributed by atoms with van der Waals surface area (Å²) in [5, 5.41) is 2.75. The molecule has 0 spiro atoms. The number of hydrogen-bond acceptors (Lipinski definition) is 3. The van der Waals surface area contributed by atoms with E-state index in [0.717, 1.165) is 31.7 Å². The summed E-state index contributed by atoms with van der Waals surface area (Å²) in [6.45, 7) is 1.52. The van der Waals surface area contributed by atoms with Crippen LogP contribution in [0, 0.1) is 0 Å². The topological polar surface area (TPSA) is 58.6 Å². The molecule has 5 heteroatoms. The van der Waals surface area contributed by atoms with Gasteiger partial charge in [0, 0.05) is 18.8 Å². The third kappa shape index (κ3) is 4.35. The van der Waals surface area contributed by atoms with Crippen molar-refractivity contribution in [2.45, 2.75) is 19.3 Å². The lowest BCUT2D eigenvalue weighted by Crippen LogP contribution is -2.31. The molecule has 2 aromatic carbocycles.